The molecular formula is C26H29N5O2S. The Kier molecular flexibility index (Phi) is 6.60. The summed E-state index contributed by atoms with van der Waals surface area (Å²) in [5.74, 6) is 2.27. The Morgan fingerprint density at radius 1 is 1.12 bits per heavy atom. The second-order valence-corrected chi connectivity index (χ2v) is 9.58. The fourth-order valence-corrected chi connectivity index (χ4v) is 5.25. The van der Waals surface area contributed by atoms with Gasteiger partial charge >= 0.3 is 0 Å². The number of aryl methyl sites for hydroxylation is 3. The van der Waals surface area contributed by atoms with Crippen molar-refractivity contribution in [3.8, 4) is 27.4 Å². The first kappa shape index (κ1) is 22.6. The molecule has 0 atom stereocenters. The number of ether oxygens (including phenoxy) is 1. The molecule has 0 aliphatic carbocycles. The Labute approximate surface area is 203 Å². The van der Waals surface area contributed by atoms with E-state index in [4.69, 9.17) is 14.2 Å². The minimum absolute atomic E-state index is 0.565. The van der Waals surface area contributed by atoms with Crippen LogP contribution in [-0.4, -0.2) is 46.3 Å². The average Bonchev–Trinajstić information content (AvgIpc) is 3.59. The van der Waals surface area contributed by atoms with Crippen LogP contribution >= 0.6 is 11.3 Å². The van der Waals surface area contributed by atoms with E-state index in [0.29, 0.717) is 12.6 Å². The van der Waals surface area contributed by atoms with E-state index < -0.39 is 0 Å². The molecule has 0 bridgehead atoms. The number of nitrogens with one attached hydrogen (secondary N) is 1. The van der Waals surface area contributed by atoms with E-state index in [1.807, 2.05) is 51.2 Å². The summed E-state index contributed by atoms with van der Waals surface area (Å²) in [7, 11) is 0. The summed E-state index contributed by atoms with van der Waals surface area (Å²) in [5, 5.41) is 9.52. The largest absolute Gasteiger partial charge is 0.492 e. The van der Waals surface area contributed by atoms with Gasteiger partial charge in [0.15, 0.2) is 0 Å². The second kappa shape index (κ2) is 9.95. The summed E-state index contributed by atoms with van der Waals surface area (Å²) < 4.78 is 11.2. The third-order valence-corrected chi connectivity index (χ3v) is 7.05. The predicted octanol–water partition coefficient (Wildman–Crippen LogP) is 6.00. The van der Waals surface area contributed by atoms with Gasteiger partial charge in [-0.15, -0.1) is 11.3 Å². The highest BCUT2D eigenvalue weighted by Crippen LogP contribution is 2.36. The Morgan fingerprint density at radius 2 is 1.91 bits per heavy atom. The van der Waals surface area contributed by atoms with E-state index in [2.05, 4.69) is 31.8 Å². The minimum Gasteiger partial charge on any atom is -0.492 e. The molecule has 0 amide bonds. The van der Waals surface area contributed by atoms with Crippen molar-refractivity contribution in [2.45, 2.75) is 33.6 Å². The number of likely N-dealkylation sites (tertiary alicyclic amines) is 1. The van der Waals surface area contributed by atoms with Crippen molar-refractivity contribution in [2.75, 3.05) is 31.6 Å². The number of rotatable bonds is 8. The molecule has 1 fully saturated rings. The second-order valence-electron chi connectivity index (χ2n) is 8.67. The lowest BCUT2D eigenvalue weighted by Crippen LogP contribution is -2.25. The van der Waals surface area contributed by atoms with Crippen LogP contribution in [0.2, 0.25) is 0 Å². The monoisotopic (exact) mass is 475 g/mol. The number of thiophene rings is 1. The van der Waals surface area contributed by atoms with Crippen LogP contribution in [0, 0.1) is 20.8 Å². The Bertz CT molecular complexity index is 1240. The highest BCUT2D eigenvalue weighted by Gasteiger charge is 2.16. The first-order chi connectivity index (χ1) is 16.6. The molecule has 4 aromatic rings. The van der Waals surface area contributed by atoms with E-state index in [0.717, 1.165) is 56.7 Å². The molecule has 1 aliphatic heterocycles. The van der Waals surface area contributed by atoms with Gasteiger partial charge in [0, 0.05) is 24.0 Å². The number of benzene rings is 1. The third kappa shape index (κ3) is 4.98. The molecule has 1 aromatic carbocycles. The first-order valence-electron chi connectivity index (χ1n) is 11.6. The summed E-state index contributed by atoms with van der Waals surface area (Å²) >= 11 is 1.66. The lowest BCUT2D eigenvalue weighted by atomic mass is 10.1. The van der Waals surface area contributed by atoms with Gasteiger partial charge in [0.05, 0.1) is 16.3 Å². The van der Waals surface area contributed by atoms with E-state index in [1.165, 1.54) is 25.9 Å². The molecule has 1 aliphatic rings. The number of aromatic nitrogens is 3. The number of anilines is 2. The zero-order valence-corrected chi connectivity index (χ0v) is 20.6. The molecule has 176 valence electrons. The van der Waals surface area contributed by atoms with E-state index in [1.54, 1.807) is 11.3 Å². The Morgan fingerprint density at radius 3 is 2.65 bits per heavy atom. The van der Waals surface area contributed by atoms with Crippen LogP contribution < -0.4 is 10.1 Å². The fraction of sp³-hybridized carbons (Fsp3) is 0.346. The lowest BCUT2D eigenvalue weighted by molar-refractivity contribution is 0.238. The van der Waals surface area contributed by atoms with Crippen molar-refractivity contribution in [3.63, 3.8) is 0 Å². The highest BCUT2D eigenvalue weighted by molar-refractivity contribution is 7.14. The quantitative estimate of drug-likeness (QED) is 0.335. The molecule has 0 radical (unpaired) electrons. The third-order valence-electron chi connectivity index (χ3n) is 6.11. The normalized spacial score (nSPS) is 14.0. The topological polar surface area (TPSA) is 76.3 Å². The molecule has 4 heterocycles. The van der Waals surface area contributed by atoms with Crippen LogP contribution in [-0.2, 0) is 0 Å². The summed E-state index contributed by atoms with van der Waals surface area (Å²) in [6, 6.07) is 10.1. The Balaban J connectivity index is 1.26. The van der Waals surface area contributed by atoms with Gasteiger partial charge in [0.1, 0.15) is 18.1 Å². The number of hydrogen-bond acceptors (Lipinski definition) is 8. The summed E-state index contributed by atoms with van der Waals surface area (Å²) in [4.78, 5) is 12.8. The SMILES string of the molecule is Cc1cnc(Nc2ccc(OCCN3CCCC3)cc2)nc1-c1cc(-c2c(C)noc2C)cs1. The molecule has 7 nitrogen and oxygen atoms in total. The van der Waals surface area contributed by atoms with E-state index in [9.17, 15) is 0 Å². The number of nitrogens with zero attached hydrogens (tertiary/aromatic N) is 4. The van der Waals surface area contributed by atoms with Gasteiger partial charge in [-0.05, 0) is 93.5 Å². The predicted molar refractivity (Wildman–Crippen MR) is 136 cm³/mol. The Hall–Kier alpha value is -3.23. The van der Waals surface area contributed by atoms with Crippen LogP contribution in [0.4, 0.5) is 11.6 Å². The number of hydrogen-bond donors (Lipinski definition) is 1. The van der Waals surface area contributed by atoms with Crippen LogP contribution in [0.15, 0.2) is 46.4 Å². The van der Waals surface area contributed by atoms with Crippen LogP contribution in [0.5, 0.6) is 5.75 Å². The average molecular weight is 476 g/mol. The van der Waals surface area contributed by atoms with Gasteiger partial charge in [-0.3, -0.25) is 4.90 Å². The van der Waals surface area contributed by atoms with Gasteiger partial charge in [-0.1, -0.05) is 5.16 Å². The van der Waals surface area contributed by atoms with Crippen molar-refractivity contribution in [2.24, 2.45) is 0 Å². The molecule has 34 heavy (non-hydrogen) atoms. The van der Waals surface area contributed by atoms with Gasteiger partial charge in [0.2, 0.25) is 5.95 Å². The zero-order chi connectivity index (χ0) is 23.5. The molecule has 5 rings (SSSR count). The maximum atomic E-state index is 5.91. The maximum Gasteiger partial charge on any atom is 0.227 e. The molecule has 3 aromatic heterocycles. The van der Waals surface area contributed by atoms with Crippen molar-refractivity contribution in [1.82, 2.24) is 20.0 Å². The standard InChI is InChI=1S/C26H29N5O2S/c1-17-15-27-26(28-21-6-8-22(9-7-21)32-13-12-31-10-4-5-11-31)29-25(17)23-14-20(16-34-23)24-18(2)30-33-19(24)3/h6-9,14-16H,4-5,10-13H2,1-3H3,(H,27,28,29). The van der Waals surface area contributed by atoms with Gasteiger partial charge in [0.25, 0.3) is 0 Å². The van der Waals surface area contributed by atoms with Gasteiger partial charge in [-0.25, -0.2) is 9.97 Å². The first-order valence-corrected chi connectivity index (χ1v) is 12.5. The van der Waals surface area contributed by atoms with E-state index >= 15 is 0 Å². The van der Waals surface area contributed by atoms with Crippen molar-refractivity contribution in [1.29, 1.82) is 0 Å². The van der Waals surface area contributed by atoms with Crippen molar-refractivity contribution < 1.29 is 9.26 Å². The summed E-state index contributed by atoms with van der Waals surface area (Å²) in [5.41, 5.74) is 5.91. The van der Waals surface area contributed by atoms with Crippen molar-refractivity contribution >= 4 is 23.0 Å². The highest BCUT2D eigenvalue weighted by atomic mass is 32.1. The van der Waals surface area contributed by atoms with Crippen LogP contribution in [0.1, 0.15) is 29.9 Å². The van der Waals surface area contributed by atoms with Gasteiger partial charge < -0.3 is 14.6 Å². The molecule has 0 saturated carbocycles. The molecule has 8 heteroatoms. The van der Waals surface area contributed by atoms with Crippen LogP contribution in [0.3, 0.4) is 0 Å². The fourth-order valence-electron chi connectivity index (χ4n) is 4.30. The maximum absolute atomic E-state index is 5.91. The summed E-state index contributed by atoms with van der Waals surface area (Å²) in [6.07, 6.45) is 4.46. The van der Waals surface area contributed by atoms with Crippen molar-refractivity contribution in [3.05, 3.63) is 58.9 Å². The minimum atomic E-state index is 0.565. The summed E-state index contributed by atoms with van der Waals surface area (Å²) in [6.45, 7) is 10.0. The molecule has 0 unspecified atom stereocenters. The lowest BCUT2D eigenvalue weighted by Gasteiger charge is -2.15. The smallest absolute Gasteiger partial charge is 0.227 e. The molecule has 1 saturated heterocycles. The molecule has 1 N–H and O–H groups in total. The van der Waals surface area contributed by atoms with E-state index in [-0.39, 0.29) is 0 Å². The van der Waals surface area contributed by atoms with Crippen LogP contribution in [0.25, 0.3) is 21.7 Å². The molecule has 0 spiro atoms. The zero-order valence-electron chi connectivity index (χ0n) is 19.8. The molecular weight excluding hydrogens is 446 g/mol. The van der Waals surface area contributed by atoms with Gasteiger partial charge in [-0.2, -0.15) is 0 Å².